The van der Waals surface area contributed by atoms with Crippen LogP contribution in [-0.4, -0.2) is 20.8 Å². The maximum Gasteiger partial charge on any atom is 0.264 e. The molecule has 1 aliphatic carbocycles. The second-order valence-electron chi connectivity index (χ2n) is 2.56. The van der Waals surface area contributed by atoms with Crippen LogP contribution in [0.15, 0.2) is 11.6 Å². The van der Waals surface area contributed by atoms with Gasteiger partial charge < -0.3 is 0 Å². The first-order valence-corrected chi connectivity index (χ1v) is 4.84. The van der Waals surface area contributed by atoms with E-state index in [2.05, 4.69) is 4.18 Å². The molecule has 0 saturated heterocycles. The summed E-state index contributed by atoms with van der Waals surface area (Å²) in [6.07, 6.45) is 3.41. The topological polar surface area (TPSA) is 43.4 Å². The smallest absolute Gasteiger partial charge is 0.262 e. The van der Waals surface area contributed by atoms with E-state index in [4.69, 9.17) is 0 Å². The highest BCUT2D eigenvalue weighted by Crippen LogP contribution is 2.22. The van der Waals surface area contributed by atoms with Crippen LogP contribution in [0.4, 0.5) is 0 Å². The van der Waals surface area contributed by atoms with Gasteiger partial charge in [-0.25, -0.2) is 0 Å². The molecule has 58 valence electrons. The highest BCUT2D eigenvalue weighted by atomic mass is 32.2. The molecule has 0 heterocycles. The molecule has 0 fully saturated rings. The second kappa shape index (κ2) is 2.36. The van der Waals surface area contributed by atoms with Crippen molar-refractivity contribution >= 4 is 10.1 Å². The van der Waals surface area contributed by atoms with Crippen LogP contribution in [0.1, 0.15) is 13.3 Å². The summed E-state index contributed by atoms with van der Waals surface area (Å²) in [5.41, 5.74) is 1.19. The Balaban J connectivity index is 2.45. The second-order valence-corrected chi connectivity index (χ2v) is 4.16. The molecule has 3 nitrogen and oxygen atoms in total. The maximum absolute atomic E-state index is 10.5. The summed E-state index contributed by atoms with van der Waals surface area (Å²) in [6.45, 7) is 1.95. The normalized spacial score (nSPS) is 25.4. The van der Waals surface area contributed by atoms with Gasteiger partial charge in [-0.2, -0.15) is 8.42 Å². The van der Waals surface area contributed by atoms with Gasteiger partial charge in [-0.3, -0.25) is 4.18 Å². The quantitative estimate of drug-likeness (QED) is 0.443. The van der Waals surface area contributed by atoms with Crippen molar-refractivity contribution < 1.29 is 12.6 Å². The third-order valence-electron chi connectivity index (χ3n) is 1.29. The van der Waals surface area contributed by atoms with E-state index in [0.29, 0.717) is 0 Å². The van der Waals surface area contributed by atoms with Crippen molar-refractivity contribution in [3.8, 4) is 0 Å². The zero-order valence-corrected chi connectivity index (χ0v) is 6.81. The van der Waals surface area contributed by atoms with Gasteiger partial charge in [0.25, 0.3) is 10.1 Å². The molecule has 0 bridgehead atoms. The van der Waals surface area contributed by atoms with Crippen LogP contribution >= 0.6 is 0 Å². The van der Waals surface area contributed by atoms with Crippen molar-refractivity contribution in [3.05, 3.63) is 11.6 Å². The Kier molecular flexibility index (Phi) is 1.83. The summed E-state index contributed by atoms with van der Waals surface area (Å²) in [5, 5.41) is 0. The van der Waals surface area contributed by atoms with Crippen molar-refractivity contribution in [3.63, 3.8) is 0 Å². The molecule has 0 aromatic carbocycles. The Morgan fingerprint density at radius 2 is 2.20 bits per heavy atom. The summed E-state index contributed by atoms with van der Waals surface area (Å²) in [5.74, 6) is 0. The summed E-state index contributed by atoms with van der Waals surface area (Å²) in [7, 11) is -3.25. The SMILES string of the molecule is CC1=CC(OS(C)(=O)=O)C1. The molecular formula is C6H10O3S. The lowest BCUT2D eigenvalue weighted by atomic mass is 9.98. The molecule has 0 radical (unpaired) electrons. The molecule has 10 heavy (non-hydrogen) atoms. The van der Waals surface area contributed by atoms with Crippen molar-refractivity contribution in [2.75, 3.05) is 6.26 Å². The third kappa shape index (κ3) is 2.11. The minimum atomic E-state index is -3.25. The van der Waals surface area contributed by atoms with E-state index in [1.165, 1.54) is 5.57 Å². The Labute approximate surface area is 60.8 Å². The van der Waals surface area contributed by atoms with Crippen molar-refractivity contribution in [2.24, 2.45) is 0 Å². The fraction of sp³-hybridized carbons (Fsp3) is 0.667. The van der Waals surface area contributed by atoms with Crippen LogP contribution < -0.4 is 0 Å². The first-order chi connectivity index (χ1) is 4.47. The predicted molar refractivity (Wildman–Crippen MR) is 38.1 cm³/mol. The summed E-state index contributed by atoms with van der Waals surface area (Å²) >= 11 is 0. The first-order valence-electron chi connectivity index (χ1n) is 3.03. The van der Waals surface area contributed by atoms with Gasteiger partial charge in [0.2, 0.25) is 0 Å². The molecule has 0 amide bonds. The summed E-state index contributed by atoms with van der Waals surface area (Å²) in [4.78, 5) is 0. The van der Waals surface area contributed by atoms with E-state index in [9.17, 15) is 8.42 Å². The molecule has 1 aliphatic rings. The van der Waals surface area contributed by atoms with E-state index in [1.807, 2.05) is 6.92 Å². The Morgan fingerprint density at radius 3 is 2.50 bits per heavy atom. The van der Waals surface area contributed by atoms with E-state index >= 15 is 0 Å². The van der Waals surface area contributed by atoms with Gasteiger partial charge >= 0.3 is 0 Å². The van der Waals surface area contributed by atoms with Crippen molar-refractivity contribution in [2.45, 2.75) is 19.4 Å². The molecule has 0 spiro atoms. The van der Waals surface area contributed by atoms with Crippen molar-refractivity contribution in [1.29, 1.82) is 0 Å². The average Bonchev–Trinajstić information content (AvgIpc) is 1.57. The summed E-state index contributed by atoms with van der Waals surface area (Å²) in [6, 6.07) is 0. The van der Waals surface area contributed by atoms with Crippen LogP contribution in [0.2, 0.25) is 0 Å². The minimum Gasteiger partial charge on any atom is -0.262 e. The molecule has 0 N–H and O–H groups in total. The molecule has 1 unspecified atom stereocenters. The van der Waals surface area contributed by atoms with Crippen LogP contribution in [0.3, 0.4) is 0 Å². The van der Waals surface area contributed by atoms with Crippen LogP contribution in [0, 0.1) is 0 Å². The highest BCUT2D eigenvalue weighted by molar-refractivity contribution is 7.86. The predicted octanol–water partition coefficient (Wildman–Crippen LogP) is 0.681. The lowest BCUT2D eigenvalue weighted by molar-refractivity contribution is 0.238. The van der Waals surface area contributed by atoms with Gasteiger partial charge in [-0.15, -0.1) is 0 Å². The van der Waals surface area contributed by atoms with Crippen LogP contribution in [-0.2, 0) is 14.3 Å². The summed E-state index contributed by atoms with van der Waals surface area (Å²) < 4.78 is 25.6. The largest absolute Gasteiger partial charge is 0.264 e. The molecule has 0 aromatic heterocycles. The molecule has 1 atom stereocenters. The molecule has 1 rings (SSSR count). The van der Waals surface area contributed by atoms with Gasteiger partial charge in [0.15, 0.2) is 0 Å². The first kappa shape index (κ1) is 7.75. The zero-order valence-electron chi connectivity index (χ0n) is 5.99. The van der Waals surface area contributed by atoms with Gasteiger partial charge in [-0.05, 0) is 13.3 Å². The fourth-order valence-corrected chi connectivity index (χ4v) is 1.46. The van der Waals surface area contributed by atoms with E-state index in [-0.39, 0.29) is 6.10 Å². The number of rotatable bonds is 2. The molecule has 4 heteroatoms. The third-order valence-corrected chi connectivity index (χ3v) is 1.89. The zero-order chi connectivity index (χ0) is 7.78. The standard InChI is InChI=1S/C6H10O3S/c1-5-3-6(4-5)9-10(2,7)8/h3,6H,4H2,1-2H3. The Hall–Kier alpha value is -0.350. The fourth-order valence-electron chi connectivity index (χ4n) is 0.887. The van der Waals surface area contributed by atoms with Gasteiger partial charge in [0, 0.05) is 0 Å². The lowest BCUT2D eigenvalue weighted by Crippen LogP contribution is -2.21. The van der Waals surface area contributed by atoms with Gasteiger partial charge in [0.1, 0.15) is 0 Å². The Morgan fingerprint density at radius 1 is 1.70 bits per heavy atom. The molecular weight excluding hydrogens is 152 g/mol. The number of hydrogen-bond acceptors (Lipinski definition) is 3. The minimum absolute atomic E-state index is 0.199. The van der Waals surface area contributed by atoms with E-state index in [0.717, 1.165) is 12.7 Å². The van der Waals surface area contributed by atoms with Gasteiger partial charge in [0.05, 0.1) is 12.4 Å². The van der Waals surface area contributed by atoms with Crippen molar-refractivity contribution in [1.82, 2.24) is 0 Å². The van der Waals surface area contributed by atoms with Gasteiger partial charge in [-0.1, -0.05) is 11.6 Å². The van der Waals surface area contributed by atoms with E-state index < -0.39 is 10.1 Å². The molecule has 0 aliphatic heterocycles. The monoisotopic (exact) mass is 162 g/mol. The average molecular weight is 162 g/mol. The lowest BCUT2D eigenvalue weighted by Gasteiger charge is -2.21. The van der Waals surface area contributed by atoms with Crippen LogP contribution in [0.5, 0.6) is 0 Å². The van der Waals surface area contributed by atoms with Crippen LogP contribution in [0.25, 0.3) is 0 Å². The maximum atomic E-state index is 10.5. The molecule has 0 saturated carbocycles. The Bertz CT molecular complexity index is 250. The van der Waals surface area contributed by atoms with E-state index in [1.54, 1.807) is 6.08 Å². The number of hydrogen-bond donors (Lipinski definition) is 0. The highest BCUT2D eigenvalue weighted by Gasteiger charge is 2.20. The molecule has 0 aromatic rings.